The summed E-state index contributed by atoms with van der Waals surface area (Å²) in [5, 5.41) is 0. The molecule has 0 bridgehead atoms. The first-order valence-electron chi connectivity index (χ1n) is 7.10. The molecule has 0 heterocycles. The number of hydrogen-bond donors (Lipinski definition) is 1. The van der Waals surface area contributed by atoms with E-state index in [1.807, 2.05) is 0 Å². The lowest BCUT2D eigenvalue weighted by Crippen LogP contribution is -2.21. The minimum absolute atomic E-state index is 0.532. The van der Waals surface area contributed by atoms with Crippen molar-refractivity contribution in [2.45, 2.75) is 83.6 Å². The van der Waals surface area contributed by atoms with E-state index >= 15 is 0 Å². The molecule has 0 saturated heterocycles. The Morgan fingerprint density at radius 1 is 0.933 bits per heavy atom. The fraction of sp³-hybridized carbons (Fsp3) is 1.00. The average molecular weight is 211 g/mol. The van der Waals surface area contributed by atoms with Gasteiger partial charge in [0.05, 0.1) is 0 Å². The molecular weight excluding hydrogens is 182 g/mol. The van der Waals surface area contributed by atoms with Crippen LogP contribution in [-0.2, 0) is 0 Å². The van der Waals surface area contributed by atoms with Crippen LogP contribution in [0.25, 0.3) is 0 Å². The van der Waals surface area contributed by atoms with Crippen molar-refractivity contribution in [2.75, 3.05) is 0 Å². The van der Waals surface area contributed by atoms with Crippen molar-refractivity contribution in [1.29, 1.82) is 0 Å². The molecule has 1 rings (SSSR count). The number of nitrogens with two attached hydrogens (primary N) is 1. The predicted molar refractivity (Wildman–Crippen MR) is 67.9 cm³/mol. The Kier molecular flexibility index (Phi) is 7.08. The van der Waals surface area contributed by atoms with Crippen molar-refractivity contribution in [2.24, 2.45) is 11.7 Å². The molecular formula is C14H29N. The summed E-state index contributed by atoms with van der Waals surface area (Å²) >= 11 is 0. The molecule has 1 aliphatic carbocycles. The third kappa shape index (κ3) is 6.94. The van der Waals surface area contributed by atoms with Gasteiger partial charge in [-0.05, 0) is 25.2 Å². The lowest BCUT2D eigenvalue weighted by molar-refractivity contribution is 0.496. The molecule has 0 radical (unpaired) electrons. The Morgan fingerprint density at radius 3 is 2.00 bits per heavy atom. The maximum Gasteiger partial charge on any atom is 0.00671 e. The van der Waals surface area contributed by atoms with Gasteiger partial charge in [0.15, 0.2) is 0 Å². The summed E-state index contributed by atoms with van der Waals surface area (Å²) in [4.78, 5) is 0. The van der Waals surface area contributed by atoms with Crippen molar-refractivity contribution in [3.8, 4) is 0 Å². The van der Waals surface area contributed by atoms with Crippen LogP contribution in [0.1, 0.15) is 77.6 Å². The van der Waals surface area contributed by atoms with Gasteiger partial charge in [-0.2, -0.15) is 0 Å². The van der Waals surface area contributed by atoms with Gasteiger partial charge in [-0.15, -0.1) is 0 Å². The van der Waals surface area contributed by atoms with Crippen molar-refractivity contribution < 1.29 is 0 Å². The quantitative estimate of drug-likeness (QED) is 0.537. The van der Waals surface area contributed by atoms with Crippen molar-refractivity contribution in [1.82, 2.24) is 0 Å². The standard InChI is InChI=1S/C14H29N/c1-2-3-4-5-6-7-8-9-10-14(15)13-11-12-13/h13-14H,2-12,15H2,1H3. The fourth-order valence-corrected chi connectivity index (χ4v) is 2.27. The first-order chi connectivity index (χ1) is 7.34. The molecule has 0 aromatic heterocycles. The Balaban J connectivity index is 1.72. The fourth-order valence-electron chi connectivity index (χ4n) is 2.27. The van der Waals surface area contributed by atoms with Gasteiger partial charge >= 0.3 is 0 Å². The van der Waals surface area contributed by atoms with Crippen LogP contribution in [-0.4, -0.2) is 6.04 Å². The molecule has 0 aliphatic heterocycles. The maximum atomic E-state index is 6.06. The summed E-state index contributed by atoms with van der Waals surface area (Å²) in [6, 6.07) is 0.532. The Hall–Kier alpha value is -0.0400. The lowest BCUT2D eigenvalue weighted by Gasteiger charge is -2.09. The smallest absolute Gasteiger partial charge is 0.00671 e. The van der Waals surface area contributed by atoms with E-state index in [-0.39, 0.29) is 0 Å². The van der Waals surface area contributed by atoms with Gasteiger partial charge in [-0.25, -0.2) is 0 Å². The molecule has 2 N–H and O–H groups in total. The largest absolute Gasteiger partial charge is 0.327 e. The number of unbranched alkanes of at least 4 members (excludes halogenated alkanes) is 7. The van der Waals surface area contributed by atoms with E-state index in [1.165, 1.54) is 70.6 Å². The van der Waals surface area contributed by atoms with Crippen LogP contribution in [0.15, 0.2) is 0 Å². The SMILES string of the molecule is CCCCCCCCCCC(N)C1CC1. The van der Waals surface area contributed by atoms with Gasteiger partial charge in [0.25, 0.3) is 0 Å². The highest BCUT2D eigenvalue weighted by atomic mass is 14.7. The highest BCUT2D eigenvalue weighted by Gasteiger charge is 2.27. The van der Waals surface area contributed by atoms with Crippen LogP contribution in [0.5, 0.6) is 0 Å². The average Bonchev–Trinajstić information content (AvgIpc) is 3.05. The molecule has 1 aliphatic rings. The highest BCUT2D eigenvalue weighted by molar-refractivity contribution is 4.83. The van der Waals surface area contributed by atoms with Crippen molar-refractivity contribution in [3.05, 3.63) is 0 Å². The molecule has 90 valence electrons. The highest BCUT2D eigenvalue weighted by Crippen LogP contribution is 2.33. The second kappa shape index (κ2) is 8.15. The molecule has 0 aromatic rings. The molecule has 1 unspecified atom stereocenters. The summed E-state index contributed by atoms with van der Waals surface area (Å²) in [6.07, 6.45) is 15.4. The van der Waals surface area contributed by atoms with E-state index in [4.69, 9.17) is 5.73 Å². The maximum absolute atomic E-state index is 6.06. The minimum atomic E-state index is 0.532. The summed E-state index contributed by atoms with van der Waals surface area (Å²) in [7, 11) is 0. The van der Waals surface area contributed by atoms with E-state index < -0.39 is 0 Å². The number of hydrogen-bond acceptors (Lipinski definition) is 1. The van der Waals surface area contributed by atoms with Gasteiger partial charge in [-0.3, -0.25) is 0 Å². The van der Waals surface area contributed by atoms with Crippen LogP contribution >= 0.6 is 0 Å². The first-order valence-corrected chi connectivity index (χ1v) is 7.10. The number of rotatable bonds is 10. The van der Waals surface area contributed by atoms with E-state index in [0.29, 0.717) is 6.04 Å². The summed E-state index contributed by atoms with van der Waals surface area (Å²) in [5.41, 5.74) is 6.06. The summed E-state index contributed by atoms with van der Waals surface area (Å²) in [5.74, 6) is 0.898. The zero-order chi connectivity index (χ0) is 10.9. The van der Waals surface area contributed by atoms with Gasteiger partial charge in [0.1, 0.15) is 0 Å². The Bertz CT molecular complexity index is 140. The van der Waals surface area contributed by atoms with Crippen LogP contribution in [0, 0.1) is 5.92 Å². The summed E-state index contributed by atoms with van der Waals surface area (Å²) in [6.45, 7) is 2.28. The Labute approximate surface area is 95.8 Å². The molecule has 1 heteroatoms. The summed E-state index contributed by atoms with van der Waals surface area (Å²) < 4.78 is 0. The van der Waals surface area contributed by atoms with Crippen molar-refractivity contribution in [3.63, 3.8) is 0 Å². The van der Waals surface area contributed by atoms with Crippen LogP contribution in [0.3, 0.4) is 0 Å². The van der Waals surface area contributed by atoms with E-state index in [9.17, 15) is 0 Å². The molecule has 15 heavy (non-hydrogen) atoms. The molecule has 0 spiro atoms. The molecule has 0 amide bonds. The van der Waals surface area contributed by atoms with Crippen LogP contribution in [0.2, 0.25) is 0 Å². The first kappa shape index (κ1) is 13.0. The van der Waals surface area contributed by atoms with Gasteiger partial charge in [-0.1, -0.05) is 58.3 Å². The lowest BCUT2D eigenvalue weighted by atomic mass is 10.0. The third-order valence-corrected chi connectivity index (χ3v) is 3.62. The Morgan fingerprint density at radius 2 is 1.47 bits per heavy atom. The van der Waals surface area contributed by atoms with Crippen molar-refractivity contribution >= 4 is 0 Å². The zero-order valence-corrected chi connectivity index (χ0v) is 10.5. The van der Waals surface area contributed by atoms with Crippen LogP contribution in [0.4, 0.5) is 0 Å². The van der Waals surface area contributed by atoms with E-state index in [1.54, 1.807) is 0 Å². The monoisotopic (exact) mass is 211 g/mol. The minimum Gasteiger partial charge on any atom is -0.327 e. The van der Waals surface area contributed by atoms with Gasteiger partial charge in [0, 0.05) is 6.04 Å². The molecule has 1 nitrogen and oxygen atoms in total. The van der Waals surface area contributed by atoms with Crippen LogP contribution < -0.4 is 5.73 Å². The van der Waals surface area contributed by atoms with Gasteiger partial charge < -0.3 is 5.73 Å². The topological polar surface area (TPSA) is 26.0 Å². The molecule has 1 fully saturated rings. The third-order valence-electron chi connectivity index (χ3n) is 3.62. The second-order valence-corrected chi connectivity index (χ2v) is 5.26. The normalized spacial score (nSPS) is 18.0. The predicted octanol–water partition coefficient (Wildman–Crippen LogP) is 4.25. The zero-order valence-electron chi connectivity index (χ0n) is 10.5. The van der Waals surface area contributed by atoms with E-state index in [2.05, 4.69) is 6.92 Å². The molecule has 1 saturated carbocycles. The van der Waals surface area contributed by atoms with E-state index in [0.717, 1.165) is 5.92 Å². The molecule has 0 aromatic carbocycles. The molecule has 1 atom stereocenters. The van der Waals surface area contributed by atoms with Gasteiger partial charge in [0.2, 0.25) is 0 Å². The second-order valence-electron chi connectivity index (χ2n) is 5.26.